The van der Waals surface area contributed by atoms with Gasteiger partial charge in [-0.2, -0.15) is 18.3 Å². The Hall–Kier alpha value is -2.10. The summed E-state index contributed by atoms with van der Waals surface area (Å²) < 4.78 is 39.4. The Morgan fingerprint density at radius 1 is 1.27 bits per heavy atom. The van der Waals surface area contributed by atoms with Crippen LogP contribution < -0.4 is 9.80 Å². The van der Waals surface area contributed by atoms with E-state index in [2.05, 4.69) is 10.1 Å². The van der Waals surface area contributed by atoms with E-state index in [1.54, 1.807) is 33.9 Å². The number of anilines is 2. The normalized spacial score (nSPS) is 16.5. The molecule has 0 unspecified atom stereocenters. The highest BCUT2D eigenvalue weighted by Gasteiger charge is 2.35. The smallest absolute Gasteiger partial charge is 0.337 e. The summed E-state index contributed by atoms with van der Waals surface area (Å²) in [4.78, 5) is 18.3. The van der Waals surface area contributed by atoms with Gasteiger partial charge in [0.2, 0.25) is 5.91 Å². The number of carbonyl (C=O) groups excluding carboxylic acids is 1. The number of rotatable bonds is 2. The number of carbonyl (C=O) groups is 1. The van der Waals surface area contributed by atoms with Crippen molar-refractivity contribution in [3.05, 3.63) is 23.5 Å². The summed E-state index contributed by atoms with van der Waals surface area (Å²) in [5.41, 5.74) is 0.683. The second-order valence-corrected chi connectivity index (χ2v) is 5.85. The Kier molecular flexibility index (Phi) is 3.55. The van der Waals surface area contributed by atoms with Gasteiger partial charge in [-0.3, -0.25) is 9.48 Å². The van der Waals surface area contributed by atoms with Crippen molar-refractivity contribution < 1.29 is 18.0 Å². The van der Waals surface area contributed by atoms with Crippen LogP contribution in [-0.2, 0) is 18.0 Å². The van der Waals surface area contributed by atoms with Gasteiger partial charge in [0.05, 0.1) is 24.6 Å². The van der Waals surface area contributed by atoms with E-state index < -0.39 is 11.1 Å². The molecule has 3 heterocycles. The van der Waals surface area contributed by atoms with Crippen molar-refractivity contribution in [2.75, 3.05) is 29.4 Å². The predicted molar refractivity (Wildman–Crippen MR) is 74.9 cm³/mol. The minimum absolute atomic E-state index is 0.000293. The van der Waals surface area contributed by atoms with Gasteiger partial charge in [-0.15, -0.1) is 0 Å². The second-order valence-electron chi connectivity index (χ2n) is 4.84. The van der Waals surface area contributed by atoms with E-state index in [1.165, 1.54) is 0 Å². The van der Waals surface area contributed by atoms with Crippen LogP contribution >= 0.6 is 11.3 Å². The number of nitrogens with zero attached hydrogens (tertiary/aromatic N) is 5. The van der Waals surface area contributed by atoms with Gasteiger partial charge < -0.3 is 9.80 Å². The molecule has 22 heavy (non-hydrogen) atoms. The van der Waals surface area contributed by atoms with E-state index >= 15 is 0 Å². The predicted octanol–water partition coefficient (Wildman–Crippen LogP) is 1.75. The van der Waals surface area contributed by atoms with Crippen molar-refractivity contribution in [1.29, 1.82) is 0 Å². The molecule has 0 atom stereocenters. The van der Waals surface area contributed by atoms with Crippen LogP contribution in [0, 0.1) is 0 Å². The average Bonchev–Trinajstić information content (AvgIpc) is 3.06. The van der Waals surface area contributed by atoms with Crippen LogP contribution in [0.3, 0.4) is 0 Å². The lowest BCUT2D eigenvalue weighted by Gasteiger charge is -2.33. The molecule has 0 spiro atoms. The lowest BCUT2D eigenvalue weighted by molar-refractivity contribution is -0.134. The number of halogens is 3. The van der Waals surface area contributed by atoms with Gasteiger partial charge in [-0.05, 0) is 0 Å². The van der Waals surface area contributed by atoms with Gasteiger partial charge in [0.15, 0.2) is 5.13 Å². The van der Waals surface area contributed by atoms with E-state index in [4.69, 9.17) is 0 Å². The fraction of sp³-hybridized carbons (Fsp3) is 0.417. The number of hydrogen-bond acceptors (Lipinski definition) is 5. The van der Waals surface area contributed by atoms with Crippen LogP contribution in [0.1, 0.15) is 4.88 Å². The quantitative estimate of drug-likeness (QED) is 0.841. The molecule has 0 bridgehead atoms. The maximum absolute atomic E-state index is 12.6. The van der Waals surface area contributed by atoms with Crippen LogP contribution in [0.25, 0.3) is 0 Å². The Balaban J connectivity index is 1.72. The summed E-state index contributed by atoms with van der Waals surface area (Å²) >= 11 is 0.552. The summed E-state index contributed by atoms with van der Waals surface area (Å²) in [6, 6.07) is 0. The first kappa shape index (κ1) is 14.8. The topological polar surface area (TPSA) is 54.3 Å². The molecule has 1 amide bonds. The van der Waals surface area contributed by atoms with Crippen molar-refractivity contribution in [2.45, 2.75) is 6.18 Å². The monoisotopic (exact) mass is 331 g/mol. The third-order valence-electron chi connectivity index (χ3n) is 3.27. The SMILES string of the molecule is Cn1cc(N2CCN(c3ncc(C(F)(F)F)s3)CC2=O)cn1. The van der Waals surface area contributed by atoms with Gasteiger partial charge in [-0.25, -0.2) is 4.98 Å². The van der Waals surface area contributed by atoms with Crippen LogP contribution in [0.5, 0.6) is 0 Å². The van der Waals surface area contributed by atoms with E-state index in [9.17, 15) is 18.0 Å². The first-order chi connectivity index (χ1) is 10.3. The standard InChI is InChI=1S/C12H12F3N5OS/c1-18-6-8(4-17-18)20-3-2-19(7-10(20)21)11-16-5-9(22-11)12(13,14)15/h4-6H,2-3,7H2,1H3. The molecule has 118 valence electrons. The zero-order chi connectivity index (χ0) is 15.9. The first-order valence-corrected chi connectivity index (χ1v) is 7.23. The van der Waals surface area contributed by atoms with Crippen LogP contribution in [-0.4, -0.2) is 40.3 Å². The average molecular weight is 331 g/mol. The second kappa shape index (κ2) is 5.27. The third-order valence-corrected chi connectivity index (χ3v) is 4.37. The molecule has 0 aromatic carbocycles. The summed E-state index contributed by atoms with van der Waals surface area (Å²) in [6.45, 7) is 0.802. The van der Waals surface area contributed by atoms with Gasteiger partial charge in [0, 0.05) is 26.3 Å². The van der Waals surface area contributed by atoms with Crippen molar-refractivity contribution in [3.8, 4) is 0 Å². The molecule has 1 fully saturated rings. The molecule has 0 N–H and O–H groups in total. The molecule has 0 aliphatic carbocycles. The summed E-state index contributed by atoms with van der Waals surface area (Å²) in [6.07, 6.45) is -0.299. The fourth-order valence-corrected chi connectivity index (χ4v) is 3.01. The van der Waals surface area contributed by atoms with E-state index in [0.29, 0.717) is 30.1 Å². The highest BCUT2D eigenvalue weighted by molar-refractivity contribution is 7.15. The Bertz CT molecular complexity index is 695. The molecule has 1 aliphatic heterocycles. The Morgan fingerprint density at radius 2 is 2.05 bits per heavy atom. The summed E-state index contributed by atoms with van der Waals surface area (Å²) in [7, 11) is 1.75. The maximum Gasteiger partial charge on any atom is 0.427 e. The number of piperazine rings is 1. The van der Waals surface area contributed by atoms with Crippen LogP contribution in [0.2, 0.25) is 0 Å². The van der Waals surface area contributed by atoms with E-state index in [1.807, 2.05) is 0 Å². The van der Waals surface area contributed by atoms with Gasteiger partial charge in [0.1, 0.15) is 4.88 Å². The largest absolute Gasteiger partial charge is 0.427 e. The number of aryl methyl sites for hydroxylation is 1. The van der Waals surface area contributed by atoms with Gasteiger partial charge in [-0.1, -0.05) is 11.3 Å². The molecular formula is C12H12F3N5OS. The summed E-state index contributed by atoms with van der Waals surface area (Å²) in [5, 5.41) is 4.22. The minimum atomic E-state index is -4.41. The molecule has 2 aromatic heterocycles. The lowest BCUT2D eigenvalue weighted by atomic mass is 10.3. The van der Waals surface area contributed by atoms with E-state index in [-0.39, 0.29) is 17.6 Å². The number of thiazole rings is 1. The Labute approximate surface area is 127 Å². The maximum atomic E-state index is 12.6. The summed E-state index contributed by atoms with van der Waals surface area (Å²) in [5.74, 6) is -0.192. The lowest BCUT2D eigenvalue weighted by Crippen LogP contribution is -2.50. The molecule has 3 rings (SSSR count). The van der Waals surface area contributed by atoms with Gasteiger partial charge >= 0.3 is 6.18 Å². The van der Waals surface area contributed by atoms with Crippen LogP contribution in [0.15, 0.2) is 18.6 Å². The molecule has 2 aromatic rings. The number of amides is 1. The highest BCUT2D eigenvalue weighted by atomic mass is 32.1. The van der Waals surface area contributed by atoms with Crippen LogP contribution in [0.4, 0.5) is 24.0 Å². The minimum Gasteiger partial charge on any atom is -0.337 e. The first-order valence-electron chi connectivity index (χ1n) is 6.41. The molecule has 6 nitrogen and oxygen atoms in total. The molecular weight excluding hydrogens is 319 g/mol. The van der Waals surface area contributed by atoms with Crippen molar-refractivity contribution >= 4 is 28.1 Å². The molecule has 1 aliphatic rings. The zero-order valence-corrected chi connectivity index (χ0v) is 12.4. The van der Waals surface area contributed by atoms with E-state index in [0.717, 1.165) is 6.20 Å². The van der Waals surface area contributed by atoms with Gasteiger partial charge in [0.25, 0.3) is 0 Å². The van der Waals surface area contributed by atoms with Crippen molar-refractivity contribution in [1.82, 2.24) is 14.8 Å². The molecule has 0 saturated carbocycles. The number of aromatic nitrogens is 3. The Morgan fingerprint density at radius 3 is 2.59 bits per heavy atom. The van der Waals surface area contributed by atoms with Crippen molar-refractivity contribution in [3.63, 3.8) is 0 Å². The zero-order valence-electron chi connectivity index (χ0n) is 11.5. The third kappa shape index (κ3) is 2.78. The molecule has 0 radical (unpaired) electrons. The number of hydrogen-bond donors (Lipinski definition) is 0. The number of alkyl halides is 3. The molecule has 10 heteroatoms. The highest BCUT2D eigenvalue weighted by Crippen LogP contribution is 2.36. The van der Waals surface area contributed by atoms with Crippen molar-refractivity contribution in [2.24, 2.45) is 7.05 Å². The molecule has 1 saturated heterocycles. The fourth-order valence-electron chi connectivity index (χ4n) is 2.20.